The smallest absolute Gasteiger partial charge is 0.241 e. The second kappa shape index (κ2) is 8.86. The molecule has 166 valence electrons. The number of carbonyl (C=O) groups is 1. The number of aryl methyl sites for hydroxylation is 1. The molecule has 2 aromatic rings. The van der Waals surface area contributed by atoms with Crippen LogP contribution in [0.4, 0.5) is 0 Å². The van der Waals surface area contributed by atoms with Crippen LogP contribution in [0.15, 0.2) is 47.4 Å². The van der Waals surface area contributed by atoms with Crippen LogP contribution < -0.4 is 14.2 Å². The van der Waals surface area contributed by atoms with Gasteiger partial charge < -0.3 is 14.4 Å². The lowest BCUT2D eigenvalue weighted by molar-refractivity contribution is -0.134. The number of piperazine rings is 1. The van der Waals surface area contributed by atoms with Gasteiger partial charge in [0.15, 0.2) is 11.5 Å². The lowest BCUT2D eigenvalue weighted by atomic mass is 10.1. The Hall–Kier alpha value is -2.62. The van der Waals surface area contributed by atoms with E-state index in [0.717, 1.165) is 42.3 Å². The van der Waals surface area contributed by atoms with Gasteiger partial charge in [0.25, 0.3) is 0 Å². The number of carbonyl (C=O) groups excluding carboxylic acids is 1. The van der Waals surface area contributed by atoms with Crippen molar-refractivity contribution in [1.82, 2.24) is 14.5 Å². The number of hydrogen-bond acceptors (Lipinski definition) is 6. The molecule has 0 spiro atoms. The van der Waals surface area contributed by atoms with Gasteiger partial charge in [0.05, 0.1) is 10.9 Å². The van der Waals surface area contributed by atoms with Crippen LogP contribution in [0.1, 0.15) is 18.1 Å². The number of hydrogen-bond donors (Lipinski definition) is 1. The molecule has 0 radical (unpaired) electrons. The molecule has 0 aliphatic carbocycles. The van der Waals surface area contributed by atoms with E-state index in [-0.39, 0.29) is 17.6 Å². The first kappa shape index (κ1) is 21.6. The van der Waals surface area contributed by atoms with Crippen LogP contribution >= 0.6 is 0 Å². The van der Waals surface area contributed by atoms with Crippen molar-refractivity contribution in [3.8, 4) is 11.5 Å². The summed E-state index contributed by atoms with van der Waals surface area (Å²) >= 11 is 0. The van der Waals surface area contributed by atoms with E-state index in [1.165, 1.54) is 0 Å². The summed E-state index contributed by atoms with van der Waals surface area (Å²) in [7, 11) is -3.75. The number of ether oxygens (including phenoxy) is 2. The van der Waals surface area contributed by atoms with Gasteiger partial charge in [-0.05, 0) is 43.7 Å². The number of fused-ring (bicyclic) bond motifs is 1. The third kappa shape index (κ3) is 5.00. The van der Waals surface area contributed by atoms with Gasteiger partial charge in [-0.3, -0.25) is 9.69 Å². The van der Waals surface area contributed by atoms with Crippen LogP contribution in [0, 0.1) is 6.92 Å². The molecule has 2 heterocycles. The molecule has 1 amide bonds. The third-order valence-corrected chi connectivity index (χ3v) is 7.12. The molecule has 1 unspecified atom stereocenters. The summed E-state index contributed by atoms with van der Waals surface area (Å²) < 4.78 is 38.4. The summed E-state index contributed by atoms with van der Waals surface area (Å²) in [4.78, 5) is 16.9. The average molecular weight is 446 g/mol. The molecule has 8 nitrogen and oxygen atoms in total. The van der Waals surface area contributed by atoms with Crippen molar-refractivity contribution >= 4 is 15.9 Å². The molecule has 0 bridgehead atoms. The molecule has 1 atom stereocenters. The van der Waals surface area contributed by atoms with Gasteiger partial charge >= 0.3 is 0 Å². The molecule has 9 heteroatoms. The van der Waals surface area contributed by atoms with Gasteiger partial charge in [-0.15, -0.1) is 0 Å². The highest BCUT2D eigenvalue weighted by Gasteiger charge is 2.28. The Balaban J connectivity index is 1.30. The van der Waals surface area contributed by atoms with E-state index in [1.807, 2.05) is 25.1 Å². The maximum absolute atomic E-state index is 12.8. The summed E-state index contributed by atoms with van der Waals surface area (Å²) in [5.74, 6) is 1.32. The molecule has 2 aromatic carbocycles. The van der Waals surface area contributed by atoms with Crippen molar-refractivity contribution in [1.29, 1.82) is 0 Å². The fraction of sp³-hybridized carbons (Fsp3) is 0.409. The van der Waals surface area contributed by atoms with Crippen molar-refractivity contribution in [2.45, 2.75) is 31.3 Å². The van der Waals surface area contributed by atoms with Gasteiger partial charge in [-0.2, -0.15) is 4.72 Å². The highest BCUT2D eigenvalue weighted by atomic mass is 32.2. The Morgan fingerprint density at radius 2 is 1.71 bits per heavy atom. The molecule has 31 heavy (non-hydrogen) atoms. The van der Waals surface area contributed by atoms with Gasteiger partial charge in [-0.25, -0.2) is 8.42 Å². The molecule has 2 aliphatic rings. The third-order valence-electron chi connectivity index (χ3n) is 5.56. The highest BCUT2D eigenvalue weighted by Crippen LogP contribution is 2.32. The Kier molecular flexibility index (Phi) is 6.17. The minimum Gasteiger partial charge on any atom is -0.454 e. The van der Waals surface area contributed by atoms with E-state index in [9.17, 15) is 13.2 Å². The second-order valence-corrected chi connectivity index (χ2v) is 9.66. The van der Waals surface area contributed by atoms with Crippen molar-refractivity contribution in [2.75, 3.05) is 33.0 Å². The van der Waals surface area contributed by atoms with Gasteiger partial charge in [-0.1, -0.05) is 23.8 Å². The minimum atomic E-state index is -3.75. The van der Waals surface area contributed by atoms with Gasteiger partial charge in [0.1, 0.15) is 0 Å². The molecule has 2 aliphatic heterocycles. The molecule has 1 fully saturated rings. The first-order valence-electron chi connectivity index (χ1n) is 10.3. The van der Waals surface area contributed by atoms with Crippen LogP contribution in [-0.4, -0.2) is 63.1 Å². The number of benzene rings is 2. The Morgan fingerprint density at radius 1 is 1.03 bits per heavy atom. The molecule has 1 saturated heterocycles. The quantitative estimate of drug-likeness (QED) is 0.729. The summed E-state index contributed by atoms with van der Waals surface area (Å²) in [6.07, 6.45) is 0. The van der Waals surface area contributed by atoms with E-state index in [2.05, 4.69) is 9.62 Å². The normalized spacial score (nSPS) is 17.5. The second-order valence-electron chi connectivity index (χ2n) is 7.95. The first-order valence-corrected chi connectivity index (χ1v) is 11.8. The number of sulfonamides is 1. The van der Waals surface area contributed by atoms with Crippen molar-refractivity contribution in [3.05, 3.63) is 53.6 Å². The molecule has 4 rings (SSSR count). The van der Waals surface area contributed by atoms with E-state index in [1.54, 1.807) is 36.1 Å². The van der Waals surface area contributed by atoms with Crippen LogP contribution in [0.25, 0.3) is 0 Å². The molecular formula is C22H27N3O5S. The number of rotatable bonds is 6. The maximum atomic E-state index is 12.8. The van der Waals surface area contributed by atoms with Crippen LogP contribution in [-0.2, 0) is 21.4 Å². The summed E-state index contributed by atoms with van der Waals surface area (Å²) in [5, 5.41) is 0. The number of amides is 1. The largest absolute Gasteiger partial charge is 0.454 e. The Labute approximate surface area is 182 Å². The van der Waals surface area contributed by atoms with Gasteiger partial charge in [0, 0.05) is 32.7 Å². The summed E-state index contributed by atoms with van der Waals surface area (Å²) in [5.41, 5.74) is 2.10. The summed E-state index contributed by atoms with van der Waals surface area (Å²) in [6.45, 7) is 7.05. The molecule has 0 saturated carbocycles. The monoisotopic (exact) mass is 445 g/mol. The van der Waals surface area contributed by atoms with Crippen molar-refractivity contribution in [2.24, 2.45) is 0 Å². The van der Waals surface area contributed by atoms with E-state index in [4.69, 9.17) is 9.47 Å². The zero-order chi connectivity index (χ0) is 22.0. The lowest BCUT2D eigenvalue weighted by Gasteiger charge is -2.36. The average Bonchev–Trinajstić information content (AvgIpc) is 3.22. The van der Waals surface area contributed by atoms with Crippen LogP contribution in [0.3, 0.4) is 0 Å². The SMILES string of the molecule is Cc1ccc(S(=O)(=O)NC(C)C(=O)N2CCN(Cc3ccc4c(c3)OCO4)CC2)cc1. The van der Waals surface area contributed by atoms with Crippen LogP contribution in [0.2, 0.25) is 0 Å². The predicted octanol–water partition coefficient (Wildman–Crippen LogP) is 1.73. The van der Waals surface area contributed by atoms with Crippen LogP contribution in [0.5, 0.6) is 11.5 Å². The zero-order valence-corrected chi connectivity index (χ0v) is 18.5. The minimum absolute atomic E-state index is 0.159. The van der Waals surface area contributed by atoms with Crippen molar-refractivity contribution < 1.29 is 22.7 Å². The Morgan fingerprint density at radius 3 is 2.42 bits per heavy atom. The molecule has 1 N–H and O–H groups in total. The lowest BCUT2D eigenvalue weighted by Crippen LogP contribution is -2.53. The Bertz CT molecular complexity index is 1050. The highest BCUT2D eigenvalue weighted by molar-refractivity contribution is 7.89. The fourth-order valence-electron chi connectivity index (χ4n) is 3.77. The van der Waals surface area contributed by atoms with E-state index in [0.29, 0.717) is 13.1 Å². The standard InChI is InChI=1S/C22H27N3O5S/c1-16-3-6-19(7-4-16)31(27,28)23-17(2)22(26)25-11-9-24(10-12-25)14-18-5-8-20-21(13-18)30-15-29-20/h3-8,13,17,23H,9-12,14-15H2,1-2H3. The number of nitrogens with zero attached hydrogens (tertiary/aromatic N) is 2. The van der Waals surface area contributed by atoms with E-state index < -0.39 is 16.1 Å². The maximum Gasteiger partial charge on any atom is 0.241 e. The molecular weight excluding hydrogens is 418 g/mol. The molecule has 0 aromatic heterocycles. The topological polar surface area (TPSA) is 88.2 Å². The number of nitrogens with one attached hydrogen (secondary N) is 1. The van der Waals surface area contributed by atoms with E-state index >= 15 is 0 Å². The first-order chi connectivity index (χ1) is 14.8. The van der Waals surface area contributed by atoms with Crippen molar-refractivity contribution in [3.63, 3.8) is 0 Å². The fourth-order valence-corrected chi connectivity index (χ4v) is 4.96. The predicted molar refractivity (Wildman–Crippen MR) is 115 cm³/mol. The summed E-state index contributed by atoms with van der Waals surface area (Å²) in [6, 6.07) is 11.7. The van der Waals surface area contributed by atoms with Gasteiger partial charge in [0.2, 0.25) is 22.7 Å². The zero-order valence-electron chi connectivity index (χ0n) is 17.7.